The second-order valence-corrected chi connectivity index (χ2v) is 2.84. The number of halogens is 2. The van der Waals surface area contributed by atoms with Gasteiger partial charge in [-0.2, -0.15) is 0 Å². The number of aromatic nitrogens is 1. The van der Waals surface area contributed by atoms with Crippen LogP contribution in [0.25, 0.3) is 0 Å². The Labute approximate surface area is 83.5 Å². The number of nitrogens with zero attached hydrogens (tertiary/aromatic N) is 2. The highest BCUT2D eigenvalue weighted by molar-refractivity contribution is 5.47. The summed E-state index contributed by atoms with van der Waals surface area (Å²) in [6, 6.07) is 0. The molecule has 0 fully saturated rings. The molecule has 0 saturated carbocycles. The zero-order valence-electron chi connectivity index (χ0n) is 7.78. The number of rotatable bonds is 3. The van der Waals surface area contributed by atoms with Crippen LogP contribution in [0.4, 0.5) is 14.5 Å². The molecule has 1 N–H and O–H groups in total. The summed E-state index contributed by atoms with van der Waals surface area (Å²) < 4.78 is 24.8. The maximum Gasteiger partial charge on any atom is 0.296 e. The van der Waals surface area contributed by atoms with Gasteiger partial charge in [0.05, 0.1) is 17.1 Å². The van der Waals surface area contributed by atoms with Gasteiger partial charge in [0.2, 0.25) is 0 Å². The van der Waals surface area contributed by atoms with Gasteiger partial charge in [0.1, 0.15) is 5.69 Å². The van der Waals surface area contributed by atoms with Gasteiger partial charge >= 0.3 is 0 Å². The second kappa shape index (κ2) is 4.26. The molecule has 0 aliphatic rings. The van der Waals surface area contributed by atoms with Crippen LogP contribution >= 0.6 is 0 Å². The van der Waals surface area contributed by atoms with Crippen LogP contribution in [0, 0.1) is 17.0 Å². The van der Waals surface area contributed by atoms with Crippen LogP contribution in [-0.4, -0.2) is 15.0 Å². The van der Waals surface area contributed by atoms with Gasteiger partial charge in [-0.3, -0.25) is 15.1 Å². The lowest BCUT2D eigenvalue weighted by molar-refractivity contribution is -0.386. The summed E-state index contributed by atoms with van der Waals surface area (Å²) >= 11 is 0. The highest BCUT2D eigenvalue weighted by Gasteiger charge is 2.25. The van der Waals surface area contributed by atoms with E-state index < -0.39 is 29.2 Å². The third-order valence-electron chi connectivity index (χ3n) is 1.95. The zero-order valence-corrected chi connectivity index (χ0v) is 7.78. The molecule has 1 rings (SSSR count). The molecule has 0 unspecified atom stereocenters. The summed E-state index contributed by atoms with van der Waals surface area (Å²) in [6.07, 6.45) is -2.04. The molecule has 0 amide bonds. The summed E-state index contributed by atoms with van der Waals surface area (Å²) in [4.78, 5) is 13.3. The molecule has 1 aromatic heterocycles. The Balaban J connectivity index is 3.47. The van der Waals surface area contributed by atoms with Crippen LogP contribution in [0.3, 0.4) is 0 Å². The van der Waals surface area contributed by atoms with E-state index in [-0.39, 0.29) is 11.3 Å². The van der Waals surface area contributed by atoms with Gasteiger partial charge in [-0.05, 0) is 6.92 Å². The average Bonchev–Trinajstić information content (AvgIpc) is 2.15. The largest absolute Gasteiger partial charge is 0.391 e. The maximum atomic E-state index is 12.4. The van der Waals surface area contributed by atoms with Gasteiger partial charge in [0, 0.05) is 11.8 Å². The van der Waals surface area contributed by atoms with E-state index in [0.29, 0.717) is 0 Å². The lowest BCUT2D eigenvalue weighted by Crippen LogP contribution is -2.05. The van der Waals surface area contributed by atoms with E-state index in [9.17, 15) is 18.9 Å². The molecule has 1 heterocycles. The first-order valence-corrected chi connectivity index (χ1v) is 4.00. The van der Waals surface area contributed by atoms with Crippen molar-refractivity contribution in [1.29, 1.82) is 0 Å². The van der Waals surface area contributed by atoms with Crippen molar-refractivity contribution in [2.45, 2.75) is 20.0 Å². The van der Waals surface area contributed by atoms with Crippen LogP contribution < -0.4 is 0 Å². The smallest absolute Gasteiger partial charge is 0.296 e. The fourth-order valence-corrected chi connectivity index (χ4v) is 1.26. The molecule has 1 aromatic rings. The third kappa shape index (κ3) is 2.07. The van der Waals surface area contributed by atoms with Gasteiger partial charge in [0.15, 0.2) is 0 Å². The van der Waals surface area contributed by atoms with Crippen molar-refractivity contribution < 1.29 is 18.8 Å². The zero-order chi connectivity index (χ0) is 11.6. The Bertz CT molecular complexity index is 396. The normalized spacial score (nSPS) is 10.7. The van der Waals surface area contributed by atoms with Crippen LogP contribution in [0.1, 0.15) is 23.2 Å². The topological polar surface area (TPSA) is 76.3 Å². The Morgan fingerprint density at radius 3 is 2.67 bits per heavy atom. The number of alkyl halides is 2. The van der Waals surface area contributed by atoms with Gasteiger partial charge in [-0.25, -0.2) is 8.78 Å². The third-order valence-corrected chi connectivity index (χ3v) is 1.95. The molecule has 0 aliphatic carbocycles. The van der Waals surface area contributed by atoms with Crippen molar-refractivity contribution >= 4 is 5.69 Å². The van der Waals surface area contributed by atoms with E-state index in [4.69, 9.17) is 5.11 Å². The van der Waals surface area contributed by atoms with E-state index in [1.807, 2.05) is 0 Å². The van der Waals surface area contributed by atoms with E-state index in [1.165, 1.54) is 6.92 Å². The van der Waals surface area contributed by atoms with Gasteiger partial charge in [0.25, 0.3) is 12.1 Å². The minimum Gasteiger partial charge on any atom is -0.391 e. The number of aliphatic hydroxyl groups excluding tert-OH is 1. The molecule has 5 nitrogen and oxygen atoms in total. The van der Waals surface area contributed by atoms with E-state index in [1.54, 1.807) is 0 Å². The lowest BCUT2D eigenvalue weighted by Gasteiger charge is -2.07. The predicted octanol–water partition coefficient (Wildman–Crippen LogP) is 1.73. The highest BCUT2D eigenvalue weighted by Crippen LogP contribution is 2.30. The van der Waals surface area contributed by atoms with E-state index >= 15 is 0 Å². The first-order chi connectivity index (χ1) is 6.99. The van der Waals surface area contributed by atoms with Crippen molar-refractivity contribution in [3.8, 4) is 0 Å². The monoisotopic (exact) mass is 218 g/mol. The highest BCUT2D eigenvalue weighted by atomic mass is 19.3. The predicted molar refractivity (Wildman–Crippen MR) is 46.5 cm³/mol. The number of nitro groups is 1. The Morgan fingerprint density at radius 1 is 1.67 bits per heavy atom. The maximum absolute atomic E-state index is 12.4. The molecule has 82 valence electrons. The molecule has 0 spiro atoms. The van der Waals surface area contributed by atoms with Crippen molar-refractivity contribution in [2.75, 3.05) is 0 Å². The molecule has 0 bridgehead atoms. The van der Waals surface area contributed by atoms with Crippen molar-refractivity contribution in [3.05, 3.63) is 33.1 Å². The van der Waals surface area contributed by atoms with Crippen molar-refractivity contribution in [2.24, 2.45) is 0 Å². The summed E-state index contributed by atoms with van der Waals surface area (Å²) in [6.45, 7) is 0.520. The molecule has 7 heteroatoms. The molecule has 0 aliphatic heterocycles. The molecule has 0 atom stereocenters. The van der Waals surface area contributed by atoms with Crippen LogP contribution in [0.15, 0.2) is 6.20 Å². The number of hydrogen-bond acceptors (Lipinski definition) is 4. The average molecular weight is 218 g/mol. The Kier molecular flexibility index (Phi) is 3.25. The first kappa shape index (κ1) is 11.4. The fourth-order valence-electron chi connectivity index (χ4n) is 1.26. The van der Waals surface area contributed by atoms with Crippen LogP contribution in [0.5, 0.6) is 0 Å². The molecule has 0 saturated heterocycles. The summed E-state index contributed by atoms with van der Waals surface area (Å²) in [5, 5.41) is 19.4. The quantitative estimate of drug-likeness (QED) is 0.619. The van der Waals surface area contributed by atoms with E-state index in [2.05, 4.69) is 4.98 Å². The molecule has 15 heavy (non-hydrogen) atoms. The first-order valence-electron chi connectivity index (χ1n) is 4.00. The van der Waals surface area contributed by atoms with Crippen LogP contribution in [-0.2, 0) is 6.61 Å². The Hall–Kier alpha value is -1.63. The van der Waals surface area contributed by atoms with Gasteiger partial charge < -0.3 is 5.11 Å². The lowest BCUT2D eigenvalue weighted by atomic mass is 10.1. The number of aliphatic hydroxyl groups is 1. The number of hydrogen-bond donors (Lipinski definition) is 1. The van der Waals surface area contributed by atoms with Gasteiger partial charge in [-0.1, -0.05) is 0 Å². The number of pyridine rings is 1. The second-order valence-electron chi connectivity index (χ2n) is 2.84. The minimum atomic E-state index is -2.89. The summed E-state index contributed by atoms with van der Waals surface area (Å²) in [5.74, 6) is 0. The van der Waals surface area contributed by atoms with Crippen molar-refractivity contribution in [3.63, 3.8) is 0 Å². The minimum absolute atomic E-state index is 0.00782. The molecule has 0 radical (unpaired) electrons. The summed E-state index contributed by atoms with van der Waals surface area (Å²) in [7, 11) is 0. The fraction of sp³-hybridized carbons (Fsp3) is 0.375. The molecular formula is C8H8F2N2O3. The standard InChI is InChI=1S/C8H8F2N2O3/c1-4-7(12(14)15)6(3-13)5(2-11-4)8(9)10/h2,8,13H,3H2,1H3. The van der Waals surface area contributed by atoms with E-state index in [0.717, 1.165) is 6.20 Å². The van der Waals surface area contributed by atoms with Crippen LogP contribution in [0.2, 0.25) is 0 Å². The number of aryl methyl sites for hydroxylation is 1. The summed E-state index contributed by atoms with van der Waals surface area (Å²) in [5.41, 5.74) is -1.51. The Morgan fingerprint density at radius 2 is 2.27 bits per heavy atom. The van der Waals surface area contributed by atoms with Crippen molar-refractivity contribution in [1.82, 2.24) is 4.98 Å². The molecule has 0 aromatic carbocycles. The van der Waals surface area contributed by atoms with Gasteiger partial charge in [-0.15, -0.1) is 0 Å². The molecular weight excluding hydrogens is 210 g/mol. The SMILES string of the molecule is Cc1ncc(C(F)F)c(CO)c1[N+](=O)[O-].